The van der Waals surface area contributed by atoms with Gasteiger partial charge in [0.15, 0.2) is 0 Å². The van der Waals surface area contributed by atoms with Gasteiger partial charge in [0.25, 0.3) is 0 Å². The van der Waals surface area contributed by atoms with Crippen LogP contribution in [0.1, 0.15) is 45.6 Å². The number of hydrogen-bond acceptors (Lipinski definition) is 4. The van der Waals surface area contributed by atoms with E-state index < -0.39 is 11.5 Å². The normalized spacial score (nSPS) is 19.3. The van der Waals surface area contributed by atoms with E-state index in [4.69, 9.17) is 9.47 Å². The molecule has 5 heteroatoms. The van der Waals surface area contributed by atoms with Gasteiger partial charge in [0.05, 0.1) is 12.5 Å². The third-order valence-corrected chi connectivity index (χ3v) is 5.28. The van der Waals surface area contributed by atoms with Gasteiger partial charge in [-0.3, -0.25) is 4.79 Å². The number of carbonyl (C=O) groups is 2. The van der Waals surface area contributed by atoms with Crippen LogP contribution in [-0.2, 0) is 14.3 Å². The van der Waals surface area contributed by atoms with Crippen LogP contribution < -0.4 is 0 Å². The monoisotopic (exact) mass is 409 g/mol. The van der Waals surface area contributed by atoms with Crippen LogP contribution in [-0.4, -0.2) is 42.3 Å². The van der Waals surface area contributed by atoms with E-state index in [2.05, 4.69) is 30.3 Å². The average molecular weight is 410 g/mol. The van der Waals surface area contributed by atoms with Crippen molar-refractivity contribution in [1.82, 2.24) is 4.90 Å². The number of rotatable bonds is 4. The van der Waals surface area contributed by atoms with Crippen molar-refractivity contribution in [2.24, 2.45) is 5.92 Å². The van der Waals surface area contributed by atoms with Gasteiger partial charge >= 0.3 is 12.1 Å². The van der Waals surface area contributed by atoms with Crippen LogP contribution in [0.5, 0.6) is 0 Å². The molecule has 5 nitrogen and oxygen atoms in total. The Bertz CT molecular complexity index is 872. The van der Waals surface area contributed by atoms with Crippen molar-refractivity contribution in [2.45, 2.75) is 45.6 Å². The highest BCUT2D eigenvalue weighted by Gasteiger charge is 2.39. The maximum Gasteiger partial charge on any atom is 0.410 e. The number of ether oxygens (including phenoxy) is 2. The Morgan fingerprint density at radius 2 is 1.73 bits per heavy atom. The van der Waals surface area contributed by atoms with E-state index in [-0.39, 0.29) is 18.0 Å². The molecule has 1 unspecified atom stereocenters. The van der Waals surface area contributed by atoms with Crippen molar-refractivity contribution in [1.29, 1.82) is 0 Å². The molecule has 0 N–H and O–H groups in total. The van der Waals surface area contributed by atoms with Gasteiger partial charge in [0.1, 0.15) is 5.60 Å². The summed E-state index contributed by atoms with van der Waals surface area (Å²) in [5.74, 6) is -0.690. The SMILES string of the molecule is CCOC(=O)C1CN(C(=O)OC(C)(C)C)CC[C@@H]1c1cccc(-c2ccccc2)c1. The van der Waals surface area contributed by atoms with Gasteiger partial charge in [0.2, 0.25) is 0 Å². The number of likely N-dealkylation sites (tertiary alicyclic amines) is 1. The zero-order valence-electron chi connectivity index (χ0n) is 18.3. The molecule has 2 aromatic rings. The Morgan fingerprint density at radius 1 is 1.03 bits per heavy atom. The second-order valence-electron chi connectivity index (χ2n) is 8.67. The molecule has 2 atom stereocenters. The summed E-state index contributed by atoms with van der Waals surface area (Å²) in [6.07, 6.45) is 0.300. The molecule has 0 bridgehead atoms. The minimum atomic E-state index is -0.572. The minimum absolute atomic E-state index is 0.00796. The molecule has 1 aliphatic heterocycles. The van der Waals surface area contributed by atoms with Crippen LogP contribution in [0.3, 0.4) is 0 Å². The summed E-state index contributed by atoms with van der Waals surface area (Å²) in [5.41, 5.74) is 2.78. The molecule has 2 aromatic carbocycles. The lowest BCUT2D eigenvalue weighted by atomic mass is 9.79. The Morgan fingerprint density at radius 3 is 2.40 bits per heavy atom. The molecule has 0 radical (unpaired) electrons. The predicted octanol–water partition coefficient (Wildman–Crippen LogP) is 5.26. The first kappa shape index (κ1) is 21.9. The van der Waals surface area contributed by atoms with Gasteiger partial charge in [0, 0.05) is 19.0 Å². The minimum Gasteiger partial charge on any atom is -0.466 e. The summed E-state index contributed by atoms with van der Waals surface area (Å²) in [6, 6.07) is 18.5. The fourth-order valence-electron chi connectivity index (χ4n) is 3.91. The zero-order valence-corrected chi connectivity index (χ0v) is 18.3. The van der Waals surface area contributed by atoms with Crippen molar-refractivity contribution in [3.05, 3.63) is 60.2 Å². The number of piperidine rings is 1. The summed E-state index contributed by atoms with van der Waals surface area (Å²) < 4.78 is 10.9. The van der Waals surface area contributed by atoms with Crippen LogP contribution in [0.4, 0.5) is 4.79 Å². The molecule has 0 spiro atoms. The number of amides is 1. The maximum atomic E-state index is 12.8. The molecule has 30 heavy (non-hydrogen) atoms. The van der Waals surface area contributed by atoms with Crippen LogP contribution in [0.25, 0.3) is 11.1 Å². The first-order valence-electron chi connectivity index (χ1n) is 10.6. The Labute approximate surface area is 179 Å². The molecule has 1 heterocycles. The molecule has 1 amide bonds. The highest BCUT2D eigenvalue weighted by molar-refractivity contribution is 5.76. The molecule has 1 fully saturated rings. The van der Waals surface area contributed by atoms with E-state index in [1.165, 1.54) is 0 Å². The van der Waals surface area contributed by atoms with Gasteiger partial charge in [-0.2, -0.15) is 0 Å². The highest BCUT2D eigenvalue weighted by Crippen LogP contribution is 2.36. The van der Waals surface area contributed by atoms with Crippen molar-refractivity contribution in [2.75, 3.05) is 19.7 Å². The van der Waals surface area contributed by atoms with Crippen LogP contribution >= 0.6 is 0 Å². The third-order valence-electron chi connectivity index (χ3n) is 5.28. The van der Waals surface area contributed by atoms with Gasteiger partial charge in [-0.15, -0.1) is 0 Å². The lowest BCUT2D eigenvalue weighted by Gasteiger charge is -2.38. The number of nitrogens with zero attached hydrogens (tertiary/aromatic N) is 1. The molecule has 1 saturated heterocycles. The molecule has 3 rings (SSSR count). The predicted molar refractivity (Wildman–Crippen MR) is 117 cm³/mol. The largest absolute Gasteiger partial charge is 0.466 e. The van der Waals surface area contributed by atoms with E-state index in [0.29, 0.717) is 26.1 Å². The number of benzene rings is 2. The number of esters is 1. The van der Waals surface area contributed by atoms with Crippen molar-refractivity contribution in [3.63, 3.8) is 0 Å². The molecule has 0 aliphatic carbocycles. The summed E-state index contributed by atoms with van der Waals surface area (Å²) in [5, 5.41) is 0. The van der Waals surface area contributed by atoms with Gasteiger partial charge in [-0.25, -0.2) is 4.79 Å². The standard InChI is InChI=1S/C25H31NO4/c1-5-29-23(27)22-17-26(24(28)30-25(2,3)4)15-14-21(22)20-13-9-12-19(16-20)18-10-7-6-8-11-18/h6-13,16,21-22H,5,14-15,17H2,1-4H3/t21-,22?/m1/s1. The third kappa shape index (κ3) is 5.41. The molecular formula is C25H31NO4. The van der Waals surface area contributed by atoms with E-state index in [9.17, 15) is 9.59 Å². The lowest BCUT2D eigenvalue weighted by Crippen LogP contribution is -2.47. The second kappa shape index (κ2) is 9.33. The summed E-state index contributed by atoms with van der Waals surface area (Å²) in [4.78, 5) is 27.0. The van der Waals surface area contributed by atoms with E-state index in [0.717, 1.165) is 16.7 Å². The Balaban J connectivity index is 1.85. The Hall–Kier alpha value is -2.82. The second-order valence-corrected chi connectivity index (χ2v) is 8.67. The average Bonchev–Trinajstić information content (AvgIpc) is 2.73. The Kier molecular flexibility index (Phi) is 6.80. The molecule has 0 aromatic heterocycles. The van der Waals surface area contributed by atoms with Gasteiger partial charge < -0.3 is 14.4 Å². The highest BCUT2D eigenvalue weighted by atomic mass is 16.6. The van der Waals surface area contributed by atoms with Crippen molar-refractivity contribution >= 4 is 12.1 Å². The molecule has 0 saturated carbocycles. The number of carbonyl (C=O) groups excluding carboxylic acids is 2. The molecule has 1 aliphatic rings. The first-order valence-corrected chi connectivity index (χ1v) is 10.6. The van der Waals surface area contributed by atoms with Gasteiger partial charge in [-0.1, -0.05) is 54.6 Å². The fourth-order valence-corrected chi connectivity index (χ4v) is 3.91. The van der Waals surface area contributed by atoms with E-state index in [1.807, 2.05) is 45.0 Å². The van der Waals surface area contributed by atoms with E-state index in [1.54, 1.807) is 11.8 Å². The summed E-state index contributed by atoms with van der Waals surface area (Å²) >= 11 is 0. The first-order chi connectivity index (χ1) is 14.3. The quantitative estimate of drug-likeness (QED) is 0.647. The summed E-state index contributed by atoms with van der Waals surface area (Å²) in [6.45, 7) is 8.50. The number of hydrogen-bond donors (Lipinski definition) is 0. The maximum absolute atomic E-state index is 12.8. The smallest absolute Gasteiger partial charge is 0.410 e. The van der Waals surface area contributed by atoms with Crippen LogP contribution in [0.15, 0.2) is 54.6 Å². The fraction of sp³-hybridized carbons (Fsp3) is 0.440. The van der Waals surface area contributed by atoms with Crippen LogP contribution in [0, 0.1) is 5.92 Å². The lowest BCUT2D eigenvalue weighted by molar-refractivity contribution is -0.150. The van der Waals surface area contributed by atoms with Crippen molar-refractivity contribution in [3.8, 4) is 11.1 Å². The summed E-state index contributed by atoms with van der Waals surface area (Å²) in [7, 11) is 0. The van der Waals surface area contributed by atoms with E-state index >= 15 is 0 Å². The van der Waals surface area contributed by atoms with Crippen molar-refractivity contribution < 1.29 is 19.1 Å². The molecular weight excluding hydrogens is 378 g/mol. The topological polar surface area (TPSA) is 55.8 Å². The van der Waals surface area contributed by atoms with Gasteiger partial charge in [-0.05, 0) is 50.8 Å². The van der Waals surface area contributed by atoms with Crippen LogP contribution in [0.2, 0.25) is 0 Å². The zero-order chi connectivity index (χ0) is 21.7. The molecule has 160 valence electrons.